The molecule has 128 valence electrons. The minimum absolute atomic E-state index is 0.0698. The molecule has 2 unspecified atom stereocenters. The minimum atomic E-state index is -0.0698. The summed E-state index contributed by atoms with van der Waals surface area (Å²) < 4.78 is 1.87. The van der Waals surface area contributed by atoms with Crippen molar-refractivity contribution in [2.24, 2.45) is 11.8 Å². The van der Waals surface area contributed by atoms with E-state index in [4.69, 9.17) is 0 Å². The lowest BCUT2D eigenvalue weighted by atomic mass is 9.79. The van der Waals surface area contributed by atoms with E-state index in [-0.39, 0.29) is 11.9 Å². The van der Waals surface area contributed by atoms with Crippen molar-refractivity contribution < 1.29 is 4.79 Å². The Kier molecular flexibility index (Phi) is 5.30. The van der Waals surface area contributed by atoms with Crippen molar-refractivity contribution in [3.63, 3.8) is 0 Å². The van der Waals surface area contributed by atoms with Crippen LogP contribution in [0, 0.1) is 11.8 Å². The van der Waals surface area contributed by atoms with Crippen molar-refractivity contribution >= 4 is 5.91 Å². The Morgan fingerprint density at radius 1 is 1.30 bits per heavy atom. The van der Waals surface area contributed by atoms with Gasteiger partial charge in [-0.1, -0.05) is 31.9 Å². The summed E-state index contributed by atoms with van der Waals surface area (Å²) >= 11 is 0. The average molecular weight is 319 g/mol. The molecule has 1 amide bonds. The lowest BCUT2D eigenvalue weighted by molar-refractivity contribution is 0.0908. The average Bonchev–Trinajstić information content (AvgIpc) is 3.06. The van der Waals surface area contributed by atoms with Crippen LogP contribution in [0.3, 0.4) is 0 Å². The molecule has 1 saturated heterocycles. The van der Waals surface area contributed by atoms with Crippen LogP contribution in [0.2, 0.25) is 0 Å². The van der Waals surface area contributed by atoms with Crippen molar-refractivity contribution in [3.05, 3.63) is 11.9 Å². The van der Waals surface area contributed by atoms with Crippen LogP contribution in [-0.2, 0) is 0 Å². The highest BCUT2D eigenvalue weighted by atomic mass is 16.2. The molecule has 0 aromatic carbocycles. The summed E-state index contributed by atoms with van der Waals surface area (Å²) in [5, 5.41) is 14.8. The van der Waals surface area contributed by atoms with Crippen LogP contribution < -0.4 is 10.6 Å². The fourth-order valence-corrected chi connectivity index (χ4v) is 3.85. The molecule has 2 N–H and O–H groups in total. The summed E-state index contributed by atoms with van der Waals surface area (Å²) in [5.41, 5.74) is 0.454. The van der Waals surface area contributed by atoms with Gasteiger partial charge < -0.3 is 10.6 Å². The standard InChI is InChI=1S/C17H29N5O/c1-12(2)13-4-3-5-14(10-13)19-17(23)16-11-22(21-20-16)15-6-8-18-9-7-15/h11-15,18H,3-10H2,1-2H3,(H,19,23). The van der Waals surface area contributed by atoms with E-state index in [0.717, 1.165) is 44.7 Å². The maximum Gasteiger partial charge on any atom is 0.273 e. The topological polar surface area (TPSA) is 71.8 Å². The molecule has 1 aromatic heterocycles. The van der Waals surface area contributed by atoms with E-state index in [1.807, 2.05) is 10.9 Å². The SMILES string of the molecule is CC(C)C1CCCC(NC(=O)c2cn(C3CCNCC3)nn2)C1. The first-order valence-electron chi connectivity index (χ1n) is 9.07. The summed E-state index contributed by atoms with van der Waals surface area (Å²) in [6.07, 6.45) is 8.56. The van der Waals surface area contributed by atoms with Crippen molar-refractivity contribution in [1.29, 1.82) is 0 Å². The Morgan fingerprint density at radius 3 is 2.83 bits per heavy atom. The van der Waals surface area contributed by atoms with Gasteiger partial charge in [0, 0.05) is 6.04 Å². The van der Waals surface area contributed by atoms with Crippen LogP contribution in [0.5, 0.6) is 0 Å². The number of piperidine rings is 1. The predicted molar refractivity (Wildman–Crippen MR) is 89.2 cm³/mol. The third-order valence-electron chi connectivity index (χ3n) is 5.42. The number of carbonyl (C=O) groups is 1. The van der Waals surface area contributed by atoms with E-state index in [9.17, 15) is 4.79 Å². The Bertz CT molecular complexity index is 521. The molecular weight excluding hydrogens is 290 g/mol. The molecule has 6 heteroatoms. The number of hydrogen-bond donors (Lipinski definition) is 2. The Balaban J connectivity index is 1.57. The molecule has 1 saturated carbocycles. The molecule has 23 heavy (non-hydrogen) atoms. The second kappa shape index (κ2) is 7.43. The van der Waals surface area contributed by atoms with Crippen LogP contribution >= 0.6 is 0 Å². The maximum atomic E-state index is 12.4. The molecule has 1 aromatic rings. The van der Waals surface area contributed by atoms with Gasteiger partial charge in [-0.3, -0.25) is 4.79 Å². The van der Waals surface area contributed by atoms with Gasteiger partial charge in [-0.05, 0) is 50.6 Å². The molecule has 2 atom stereocenters. The second-order valence-corrected chi connectivity index (χ2v) is 7.41. The molecule has 2 aliphatic rings. The lowest BCUT2D eigenvalue weighted by Crippen LogP contribution is -2.39. The Morgan fingerprint density at radius 2 is 2.09 bits per heavy atom. The maximum absolute atomic E-state index is 12.4. The highest BCUT2D eigenvalue weighted by Gasteiger charge is 2.26. The molecule has 3 rings (SSSR count). The molecule has 1 aliphatic carbocycles. The first-order chi connectivity index (χ1) is 11.1. The smallest absolute Gasteiger partial charge is 0.273 e. The van der Waals surface area contributed by atoms with Crippen LogP contribution in [0.25, 0.3) is 0 Å². The quantitative estimate of drug-likeness (QED) is 0.892. The predicted octanol–water partition coefficient (Wildman–Crippen LogP) is 2.15. The summed E-state index contributed by atoms with van der Waals surface area (Å²) in [4.78, 5) is 12.4. The monoisotopic (exact) mass is 319 g/mol. The first kappa shape index (κ1) is 16.4. The van der Waals surface area contributed by atoms with Gasteiger partial charge in [-0.15, -0.1) is 5.10 Å². The van der Waals surface area contributed by atoms with E-state index in [0.29, 0.717) is 17.7 Å². The molecule has 2 fully saturated rings. The van der Waals surface area contributed by atoms with Gasteiger partial charge >= 0.3 is 0 Å². The van der Waals surface area contributed by atoms with E-state index in [2.05, 4.69) is 34.8 Å². The summed E-state index contributed by atoms with van der Waals surface area (Å²) in [6.45, 7) is 6.56. The zero-order valence-electron chi connectivity index (χ0n) is 14.3. The molecule has 2 heterocycles. The van der Waals surface area contributed by atoms with E-state index in [1.165, 1.54) is 12.8 Å². The number of hydrogen-bond acceptors (Lipinski definition) is 4. The van der Waals surface area contributed by atoms with Crippen LogP contribution in [-0.4, -0.2) is 40.0 Å². The van der Waals surface area contributed by atoms with Crippen LogP contribution in [0.1, 0.15) is 68.9 Å². The molecule has 0 spiro atoms. The van der Waals surface area contributed by atoms with Gasteiger partial charge in [0.25, 0.3) is 5.91 Å². The fraction of sp³-hybridized carbons (Fsp3) is 0.824. The summed E-state index contributed by atoms with van der Waals surface area (Å²) in [6, 6.07) is 0.651. The van der Waals surface area contributed by atoms with Gasteiger partial charge in [0.2, 0.25) is 0 Å². The van der Waals surface area contributed by atoms with Crippen molar-refractivity contribution in [3.8, 4) is 0 Å². The van der Waals surface area contributed by atoms with Gasteiger partial charge in [0.15, 0.2) is 5.69 Å². The molecule has 1 aliphatic heterocycles. The van der Waals surface area contributed by atoms with E-state index < -0.39 is 0 Å². The van der Waals surface area contributed by atoms with Gasteiger partial charge in [-0.25, -0.2) is 4.68 Å². The summed E-state index contributed by atoms with van der Waals surface area (Å²) in [7, 11) is 0. The van der Waals surface area contributed by atoms with Crippen molar-refractivity contribution in [1.82, 2.24) is 25.6 Å². The lowest BCUT2D eigenvalue weighted by Gasteiger charge is -2.31. The number of amides is 1. The van der Waals surface area contributed by atoms with Crippen molar-refractivity contribution in [2.45, 2.75) is 64.5 Å². The number of aromatic nitrogens is 3. The number of nitrogens with one attached hydrogen (secondary N) is 2. The van der Waals surface area contributed by atoms with Gasteiger partial charge in [-0.2, -0.15) is 0 Å². The van der Waals surface area contributed by atoms with Gasteiger partial charge in [0.1, 0.15) is 0 Å². The first-order valence-corrected chi connectivity index (χ1v) is 9.07. The molecule has 6 nitrogen and oxygen atoms in total. The zero-order chi connectivity index (χ0) is 16.2. The summed E-state index contributed by atoms with van der Waals surface area (Å²) in [5.74, 6) is 1.34. The number of rotatable bonds is 4. The molecule has 0 bridgehead atoms. The van der Waals surface area contributed by atoms with Crippen molar-refractivity contribution in [2.75, 3.05) is 13.1 Å². The van der Waals surface area contributed by atoms with Gasteiger partial charge in [0.05, 0.1) is 12.2 Å². The molecule has 0 radical (unpaired) electrons. The normalized spacial score (nSPS) is 26.4. The largest absolute Gasteiger partial charge is 0.348 e. The molecular formula is C17H29N5O. The Labute approximate surface area is 138 Å². The van der Waals surface area contributed by atoms with E-state index in [1.54, 1.807) is 0 Å². The number of carbonyl (C=O) groups excluding carboxylic acids is 1. The number of nitrogens with zero attached hydrogens (tertiary/aromatic N) is 3. The third-order valence-corrected chi connectivity index (χ3v) is 5.42. The fourth-order valence-electron chi connectivity index (χ4n) is 3.85. The Hall–Kier alpha value is -1.43. The highest BCUT2D eigenvalue weighted by Crippen LogP contribution is 2.30. The van der Waals surface area contributed by atoms with Crippen LogP contribution in [0.15, 0.2) is 6.20 Å². The third kappa shape index (κ3) is 4.10. The van der Waals surface area contributed by atoms with Crippen LogP contribution in [0.4, 0.5) is 0 Å². The van der Waals surface area contributed by atoms with E-state index >= 15 is 0 Å². The highest BCUT2D eigenvalue weighted by molar-refractivity contribution is 5.92. The zero-order valence-corrected chi connectivity index (χ0v) is 14.3. The minimum Gasteiger partial charge on any atom is -0.348 e. The second-order valence-electron chi connectivity index (χ2n) is 7.41.